The van der Waals surface area contributed by atoms with Gasteiger partial charge in [0.2, 0.25) is 0 Å². The summed E-state index contributed by atoms with van der Waals surface area (Å²) in [6.07, 6.45) is 4.21. The molecule has 0 spiro atoms. The van der Waals surface area contributed by atoms with Crippen molar-refractivity contribution in [2.75, 3.05) is 47.9 Å². The van der Waals surface area contributed by atoms with Gasteiger partial charge in [0.15, 0.2) is 0 Å². The van der Waals surface area contributed by atoms with Crippen molar-refractivity contribution in [3.05, 3.63) is 0 Å². The van der Waals surface area contributed by atoms with Gasteiger partial charge < -0.3 is 14.0 Å². The van der Waals surface area contributed by atoms with Crippen molar-refractivity contribution in [2.45, 2.75) is 45.1 Å². The van der Waals surface area contributed by atoms with Gasteiger partial charge in [-0.05, 0) is 6.42 Å². The number of hydrogen-bond donors (Lipinski definition) is 1. The molecule has 0 heterocycles. The van der Waals surface area contributed by atoms with Crippen molar-refractivity contribution in [3.8, 4) is 0 Å². The number of unbranched alkanes of at least 4 members (excludes halogenated alkanes) is 3. The van der Waals surface area contributed by atoms with Crippen molar-refractivity contribution < 1.29 is 23.5 Å². The number of esters is 2. The fourth-order valence-electron chi connectivity index (χ4n) is 1.87. The lowest BCUT2D eigenvalue weighted by Crippen LogP contribution is -2.46. The van der Waals surface area contributed by atoms with Crippen LogP contribution in [0.1, 0.15) is 39.0 Å². The van der Waals surface area contributed by atoms with Crippen LogP contribution in [0.15, 0.2) is 0 Å². The Morgan fingerprint density at radius 3 is 2.36 bits per heavy atom. The molecule has 0 aromatic heterocycles. The Balaban J connectivity index is 4.25. The van der Waals surface area contributed by atoms with Crippen LogP contribution in [0, 0.1) is 0 Å². The van der Waals surface area contributed by atoms with Gasteiger partial charge in [-0.1, -0.05) is 26.2 Å². The predicted octanol–water partition coefficient (Wildman–Crippen LogP) is 1.34. The van der Waals surface area contributed by atoms with Crippen LogP contribution in [0.2, 0.25) is 0 Å². The monoisotopic (exact) mass is 317 g/mol. The first-order valence-electron chi connectivity index (χ1n) is 8.07. The molecule has 0 fully saturated rings. The molecule has 0 saturated heterocycles. The van der Waals surface area contributed by atoms with Crippen LogP contribution in [0.25, 0.3) is 0 Å². The summed E-state index contributed by atoms with van der Waals surface area (Å²) >= 11 is 0. The molecular formula is C16H33N2O4+. The molecule has 0 aromatic carbocycles. The minimum absolute atomic E-state index is 0.00142. The van der Waals surface area contributed by atoms with E-state index in [4.69, 9.17) is 4.74 Å². The van der Waals surface area contributed by atoms with Gasteiger partial charge in [0, 0.05) is 6.54 Å². The minimum Gasteiger partial charge on any atom is -0.469 e. The summed E-state index contributed by atoms with van der Waals surface area (Å²) in [7, 11) is 7.54. The van der Waals surface area contributed by atoms with Crippen molar-refractivity contribution in [2.24, 2.45) is 0 Å². The third-order valence-electron chi connectivity index (χ3n) is 3.30. The van der Waals surface area contributed by atoms with E-state index in [0.717, 1.165) is 36.7 Å². The van der Waals surface area contributed by atoms with Crippen molar-refractivity contribution in [1.29, 1.82) is 0 Å². The maximum Gasteiger partial charge on any atom is 0.323 e. The number of hydrogen-bond acceptors (Lipinski definition) is 5. The molecular weight excluding hydrogens is 284 g/mol. The van der Waals surface area contributed by atoms with E-state index >= 15 is 0 Å². The summed E-state index contributed by atoms with van der Waals surface area (Å²) in [5.74, 6) is -0.783. The van der Waals surface area contributed by atoms with E-state index in [1.807, 2.05) is 0 Å². The number of nitrogens with zero attached hydrogens (tertiary/aromatic N) is 1. The normalized spacial score (nSPS) is 12.8. The van der Waals surface area contributed by atoms with Crippen LogP contribution in [0.3, 0.4) is 0 Å². The number of carbonyl (C=O) groups excluding carboxylic acids is 2. The highest BCUT2D eigenvalue weighted by Crippen LogP contribution is 2.03. The van der Waals surface area contributed by atoms with Crippen LogP contribution >= 0.6 is 0 Å². The van der Waals surface area contributed by atoms with Crippen LogP contribution in [0.5, 0.6) is 0 Å². The first kappa shape index (κ1) is 20.9. The van der Waals surface area contributed by atoms with E-state index < -0.39 is 12.0 Å². The van der Waals surface area contributed by atoms with Crippen LogP contribution in [-0.4, -0.2) is 70.4 Å². The number of methoxy groups -OCH3 is 1. The highest BCUT2D eigenvalue weighted by Gasteiger charge is 2.24. The summed E-state index contributed by atoms with van der Waals surface area (Å²) < 4.78 is 10.7. The molecule has 0 radical (unpaired) electrons. The Kier molecular flexibility index (Phi) is 10.8. The Bertz CT molecular complexity index is 327. The molecule has 1 N–H and O–H groups in total. The molecule has 0 amide bonds. The zero-order valence-electron chi connectivity index (χ0n) is 14.8. The summed E-state index contributed by atoms with van der Waals surface area (Å²) in [5, 5.41) is 3.10. The number of nitrogens with one attached hydrogen (secondary N) is 1. The predicted molar refractivity (Wildman–Crippen MR) is 86.4 cm³/mol. The zero-order chi connectivity index (χ0) is 17.0. The number of quaternary nitrogens is 1. The van der Waals surface area contributed by atoms with Gasteiger partial charge in [0.25, 0.3) is 0 Å². The molecule has 0 rings (SSSR count). The molecule has 6 heteroatoms. The number of carbonyl (C=O) groups is 2. The van der Waals surface area contributed by atoms with E-state index in [-0.39, 0.29) is 12.4 Å². The summed E-state index contributed by atoms with van der Waals surface area (Å²) in [5.41, 5.74) is 0. The van der Waals surface area contributed by atoms with E-state index in [2.05, 4.69) is 38.1 Å². The molecule has 6 nitrogen and oxygen atoms in total. The molecule has 0 aliphatic heterocycles. The smallest absolute Gasteiger partial charge is 0.323 e. The van der Waals surface area contributed by atoms with E-state index in [9.17, 15) is 9.59 Å². The second-order valence-electron chi connectivity index (χ2n) is 6.53. The Morgan fingerprint density at radius 2 is 1.82 bits per heavy atom. The van der Waals surface area contributed by atoms with Crippen LogP contribution in [0.4, 0.5) is 0 Å². The molecule has 0 aromatic rings. The minimum atomic E-state index is -0.634. The molecule has 130 valence electrons. The number of rotatable bonds is 12. The van der Waals surface area contributed by atoms with Crippen molar-refractivity contribution in [1.82, 2.24) is 5.32 Å². The second kappa shape index (κ2) is 11.4. The van der Waals surface area contributed by atoms with E-state index in [1.165, 1.54) is 7.11 Å². The molecule has 0 aliphatic carbocycles. The van der Waals surface area contributed by atoms with Gasteiger partial charge in [0.05, 0.1) is 47.8 Å². The first-order valence-corrected chi connectivity index (χ1v) is 8.07. The van der Waals surface area contributed by atoms with Gasteiger partial charge in [-0.25, -0.2) is 0 Å². The van der Waals surface area contributed by atoms with Gasteiger partial charge in [0.1, 0.15) is 6.04 Å². The molecule has 1 unspecified atom stereocenters. The molecule has 1 atom stereocenters. The highest BCUT2D eigenvalue weighted by molar-refractivity contribution is 5.82. The molecule has 0 bridgehead atoms. The van der Waals surface area contributed by atoms with Crippen molar-refractivity contribution >= 4 is 11.9 Å². The fourth-order valence-corrected chi connectivity index (χ4v) is 1.87. The van der Waals surface area contributed by atoms with Crippen molar-refractivity contribution in [3.63, 3.8) is 0 Å². The van der Waals surface area contributed by atoms with Gasteiger partial charge in [-0.2, -0.15) is 0 Å². The number of likely N-dealkylation sites (N-methyl/N-ethyl adjacent to an activating group) is 1. The van der Waals surface area contributed by atoms with Gasteiger partial charge >= 0.3 is 11.9 Å². The fraction of sp³-hybridized carbons (Fsp3) is 0.875. The number of ether oxygens (including phenoxy) is 2. The summed E-state index contributed by atoms with van der Waals surface area (Å²) in [6.45, 7) is 4.03. The van der Waals surface area contributed by atoms with Crippen LogP contribution < -0.4 is 5.32 Å². The lowest BCUT2D eigenvalue weighted by atomic mass is 10.2. The Labute approximate surface area is 134 Å². The molecule has 22 heavy (non-hydrogen) atoms. The standard InChI is InChI=1S/C16H33N2O4/c1-6-7-8-9-12-22-16(20)14(13-15(19)21-5)17-10-11-18(2,3)4/h14,17H,6-13H2,1-5H3/q+1. The quantitative estimate of drug-likeness (QED) is 0.334. The average molecular weight is 317 g/mol. The molecule has 0 saturated carbocycles. The topological polar surface area (TPSA) is 64.6 Å². The highest BCUT2D eigenvalue weighted by atomic mass is 16.5. The summed E-state index contributed by atoms with van der Waals surface area (Å²) in [4.78, 5) is 23.5. The lowest BCUT2D eigenvalue weighted by Gasteiger charge is -2.25. The average Bonchev–Trinajstić information content (AvgIpc) is 2.44. The lowest BCUT2D eigenvalue weighted by molar-refractivity contribution is -0.869. The van der Waals surface area contributed by atoms with E-state index in [0.29, 0.717) is 13.2 Å². The van der Waals surface area contributed by atoms with Gasteiger partial charge in [-0.3, -0.25) is 14.9 Å². The third kappa shape index (κ3) is 11.5. The Hall–Kier alpha value is -1.14. The maximum absolute atomic E-state index is 12.1. The van der Waals surface area contributed by atoms with Crippen LogP contribution in [-0.2, 0) is 19.1 Å². The first-order chi connectivity index (χ1) is 10.3. The van der Waals surface area contributed by atoms with Gasteiger partial charge in [-0.15, -0.1) is 0 Å². The molecule has 0 aliphatic rings. The Morgan fingerprint density at radius 1 is 1.14 bits per heavy atom. The summed E-state index contributed by atoms with van der Waals surface area (Å²) in [6, 6.07) is -0.634. The SMILES string of the molecule is CCCCCCOC(=O)C(CC(=O)OC)NCC[N+](C)(C)C. The third-order valence-corrected chi connectivity index (χ3v) is 3.30. The largest absolute Gasteiger partial charge is 0.469 e. The second-order valence-corrected chi connectivity index (χ2v) is 6.53. The maximum atomic E-state index is 12.1. The zero-order valence-corrected chi connectivity index (χ0v) is 14.8. The van der Waals surface area contributed by atoms with E-state index in [1.54, 1.807) is 0 Å².